The van der Waals surface area contributed by atoms with Crippen LogP contribution >= 0.6 is 0 Å². The molecule has 3 heterocycles. The largest absolute Gasteiger partial charge is 0.494 e. The van der Waals surface area contributed by atoms with Gasteiger partial charge >= 0.3 is 0 Å². The van der Waals surface area contributed by atoms with Crippen LogP contribution in [0.25, 0.3) is 16.9 Å². The van der Waals surface area contributed by atoms with E-state index in [-0.39, 0.29) is 29.2 Å². The minimum atomic E-state index is -0.513. The molecule has 0 saturated heterocycles. The van der Waals surface area contributed by atoms with Crippen LogP contribution in [0.5, 0.6) is 5.75 Å². The number of fused-ring (bicyclic) bond motifs is 1. The zero-order valence-corrected chi connectivity index (χ0v) is 18.5. The van der Waals surface area contributed by atoms with Crippen molar-refractivity contribution >= 4 is 29.0 Å². The van der Waals surface area contributed by atoms with Gasteiger partial charge in [-0.3, -0.25) is 14.0 Å². The maximum Gasteiger partial charge on any atom is 0.278 e. The minimum Gasteiger partial charge on any atom is -0.494 e. The molecule has 9 nitrogen and oxygen atoms in total. The van der Waals surface area contributed by atoms with E-state index < -0.39 is 5.82 Å². The fraction of sp³-hybridized carbons (Fsp3) is 0.208. The number of aromatic nitrogens is 4. The Balaban J connectivity index is 1.41. The van der Waals surface area contributed by atoms with Gasteiger partial charge in [-0.25, -0.2) is 19.3 Å². The Bertz CT molecular complexity index is 1400. The Labute approximate surface area is 194 Å². The van der Waals surface area contributed by atoms with Gasteiger partial charge in [0.1, 0.15) is 11.5 Å². The average molecular weight is 460 g/mol. The summed E-state index contributed by atoms with van der Waals surface area (Å²) in [6, 6.07) is 7.75. The van der Waals surface area contributed by atoms with Crippen LogP contribution in [0.3, 0.4) is 0 Å². The molecule has 10 heteroatoms. The number of benzene rings is 1. The second-order valence-electron chi connectivity index (χ2n) is 8.02. The number of amides is 2. The third kappa shape index (κ3) is 4.05. The molecule has 5 rings (SSSR count). The molecule has 34 heavy (non-hydrogen) atoms. The first-order chi connectivity index (χ1) is 16.4. The molecular weight excluding hydrogens is 439 g/mol. The predicted octanol–water partition coefficient (Wildman–Crippen LogP) is 3.56. The molecule has 4 aromatic rings. The lowest BCUT2D eigenvalue weighted by molar-refractivity contribution is -0.117. The predicted molar refractivity (Wildman–Crippen MR) is 123 cm³/mol. The van der Waals surface area contributed by atoms with Crippen molar-refractivity contribution < 1.29 is 18.7 Å². The van der Waals surface area contributed by atoms with E-state index in [1.165, 1.54) is 36.4 Å². The van der Waals surface area contributed by atoms with Crippen LogP contribution in [-0.2, 0) is 4.79 Å². The number of nitrogens with zero attached hydrogens (tertiary/aromatic N) is 5. The first kappa shape index (κ1) is 21.5. The molecule has 1 aliphatic rings. The maximum absolute atomic E-state index is 13.8. The van der Waals surface area contributed by atoms with Crippen molar-refractivity contribution in [1.82, 2.24) is 19.4 Å². The molecule has 1 fully saturated rings. The van der Waals surface area contributed by atoms with Gasteiger partial charge in [0.05, 0.1) is 25.2 Å². The van der Waals surface area contributed by atoms with E-state index in [4.69, 9.17) is 4.74 Å². The highest BCUT2D eigenvalue weighted by molar-refractivity contribution is 6.04. The molecule has 0 unspecified atom stereocenters. The Morgan fingerprint density at radius 1 is 1.12 bits per heavy atom. The molecule has 3 aromatic heterocycles. The first-order valence-electron chi connectivity index (χ1n) is 10.7. The van der Waals surface area contributed by atoms with Crippen LogP contribution in [0, 0.1) is 11.7 Å². The highest BCUT2D eigenvalue weighted by atomic mass is 19.1. The molecular formula is C24H21FN6O3. The number of carbonyl (C=O) groups is 2. The second-order valence-corrected chi connectivity index (χ2v) is 8.02. The summed E-state index contributed by atoms with van der Waals surface area (Å²) in [5, 5.41) is 2.81. The van der Waals surface area contributed by atoms with Crippen LogP contribution in [0.1, 0.15) is 23.3 Å². The molecule has 1 saturated carbocycles. The number of hydrogen-bond donors (Lipinski definition) is 1. The Morgan fingerprint density at radius 3 is 2.65 bits per heavy atom. The third-order valence-electron chi connectivity index (χ3n) is 5.70. The summed E-state index contributed by atoms with van der Waals surface area (Å²) in [6.45, 7) is 0. The summed E-state index contributed by atoms with van der Waals surface area (Å²) in [7, 11) is 2.94. The van der Waals surface area contributed by atoms with Gasteiger partial charge in [-0.1, -0.05) is 0 Å². The van der Waals surface area contributed by atoms with Gasteiger partial charge in [0.2, 0.25) is 5.91 Å². The van der Waals surface area contributed by atoms with Gasteiger partial charge in [-0.15, -0.1) is 0 Å². The lowest BCUT2D eigenvalue weighted by Crippen LogP contribution is -2.27. The van der Waals surface area contributed by atoms with Crippen molar-refractivity contribution in [2.24, 2.45) is 5.92 Å². The van der Waals surface area contributed by atoms with Crippen molar-refractivity contribution in [2.75, 3.05) is 24.4 Å². The van der Waals surface area contributed by atoms with Crippen LogP contribution in [0.2, 0.25) is 0 Å². The number of imidazole rings is 1. The van der Waals surface area contributed by atoms with Crippen LogP contribution in [0.4, 0.5) is 15.9 Å². The number of anilines is 2. The van der Waals surface area contributed by atoms with E-state index in [0.717, 1.165) is 18.4 Å². The van der Waals surface area contributed by atoms with Crippen molar-refractivity contribution in [2.45, 2.75) is 12.8 Å². The first-order valence-corrected chi connectivity index (χ1v) is 10.7. The second kappa shape index (κ2) is 8.54. The van der Waals surface area contributed by atoms with Crippen molar-refractivity contribution in [3.8, 4) is 17.0 Å². The molecule has 0 aliphatic heterocycles. The monoisotopic (exact) mass is 460 g/mol. The van der Waals surface area contributed by atoms with E-state index in [1.807, 2.05) is 6.07 Å². The lowest BCUT2D eigenvalue weighted by Gasteiger charge is -2.18. The van der Waals surface area contributed by atoms with Crippen LogP contribution in [-0.4, -0.2) is 45.3 Å². The van der Waals surface area contributed by atoms with Gasteiger partial charge in [0.15, 0.2) is 17.2 Å². The molecule has 1 N–H and O–H groups in total. The topological polar surface area (TPSA) is 102 Å². The number of methoxy groups -OCH3 is 1. The Morgan fingerprint density at radius 2 is 1.94 bits per heavy atom. The molecule has 0 atom stereocenters. The van der Waals surface area contributed by atoms with E-state index in [2.05, 4.69) is 20.3 Å². The van der Waals surface area contributed by atoms with E-state index in [1.54, 1.807) is 36.1 Å². The normalized spacial score (nSPS) is 13.0. The third-order valence-corrected chi connectivity index (χ3v) is 5.70. The summed E-state index contributed by atoms with van der Waals surface area (Å²) in [6.07, 6.45) is 8.26. The van der Waals surface area contributed by atoms with Crippen LogP contribution in [0.15, 0.2) is 55.1 Å². The van der Waals surface area contributed by atoms with Gasteiger partial charge in [0, 0.05) is 42.7 Å². The molecule has 0 spiro atoms. The maximum atomic E-state index is 13.8. The number of halogens is 1. The highest BCUT2D eigenvalue weighted by Gasteiger charge is 2.29. The van der Waals surface area contributed by atoms with Gasteiger partial charge in [0.25, 0.3) is 5.91 Å². The standard InChI is InChI=1S/C24H21FN6O3/c1-30(16-6-7-17(25)20(9-16)34-2)24(33)18-13-31-19(11-28-22(31)12-26-18)15-5-8-21(27-10-15)29-23(32)14-3-4-14/h5-14H,3-4H2,1-2H3,(H,27,29,32). The van der Waals surface area contributed by atoms with E-state index in [9.17, 15) is 14.0 Å². The zero-order valence-electron chi connectivity index (χ0n) is 18.5. The molecule has 0 bridgehead atoms. The molecule has 1 aliphatic carbocycles. The smallest absolute Gasteiger partial charge is 0.278 e. The Kier molecular flexibility index (Phi) is 5.40. The zero-order chi connectivity index (χ0) is 23.8. The van der Waals surface area contributed by atoms with Gasteiger partial charge in [-0.05, 0) is 37.1 Å². The van der Waals surface area contributed by atoms with Crippen molar-refractivity contribution in [3.05, 3.63) is 66.6 Å². The van der Waals surface area contributed by atoms with E-state index in [0.29, 0.717) is 22.8 Å². The number of ether oxygens (including phenoxy) is 1. The summed E-state index contributed by atoms with van der Waals surface area (Å²) in [5.41, 5.74) is 2.68. The number of rotatable bonds is 6. The Hall–Kier alpha value is -4.34. The fourth-order valence-electron chi connectivity index (χ4n) is 3.55. The van der Waals surface area contributed by atoms with E-state index >= 15 is 0 Å². The SMILES string of the molecule is COc1cc(N(C)C(=O)c2cn3c(-c4ccc(NC(=O)C5CC5)nc4)cnc3cn2)ccc1F. The molecule has 2 amide bonds. The average Bonchev–Trinajstić information content (AvgIpc) is 3.63. The number of carbonyl (C=O) groups excluding carboxylic acids is 2. The minimum absolute atomic E-state index is 0.00724. The highest BCUT2D eigenvalue weighted by Crippen LogP contribution is 2.30. The van der Waals surface area contributed by atoms with Crippen LogP contribution < -0.4 is 15.0 Å². The summed E-state index contributed by atoms with van der Waals surface area (Å²) < 4.78 is 20.5. The quantitative estimate of drug-likeness (QED) is 0.472. The number of hydrogen-bond acceptors (Lipinski definition) is 6. The summed E-state index contributed by atoms with van der Waals surface area (Å²) in [5.74, 6) is -0.275. The van der Waals surface area contributed by atoms with Gasteiger partial charge < -0.3 is 15.0 Å². The number of pyridine rings is 1. The van der Waals surface area contributed by atoms with Crippen molar-refractivity contribution in [1.29, 1.82) is 0 Å². The molecule has 172 valence electrons. The summed E-state index contributed by atoms with van der Waals surface area (Å²) >= 11 is 0. The van der Waals surface area contributed by atoms with Crippen molar-refractivity contribution in [3.63, 3.8) is 0 Å². The number of nitrogens with one attached hydrogen (secondary N) is 1. The fourth-order valence-corrected chi connectivity index (χ4v) is 3.55. The molecule has 1 aromatic carbocycles. The lowest BCUT2D eigenvalue weighted by atomic mass is 10.2. The molecule has 0 radical (unpaired) electrons. The van der Waals surface area contributed by atoms with Gasteiger partial charge in [-0.2, -0.15) is 0 Å². The summed E-state index contributed by atoms with van der Waals surface area (Å²) in [4.78, 5) is 39.3.